The van der Waals surface area contributed by atoms with Crippen molar-refractivity contribution < 1.29 is 0 Å². The zero-order chi connectivity index (χ0) is 14.8. The third-order valence-electron chi connectivity index (χ3n) is 4.90. The summed E-state index contributed by atoms with van der Waals surface area (Å²) in [6, 6.07) is 6.76. The van der Waals surface area contributed by atoms with Crippen LogP contribution in [-0.4, -0.2) is 16.2 Å². The Kier molecular flexibility index (Phi) is 4.29. The number of hydrogen-bond donors (Lipinski definition) is 1. The maximum atomic E-state index is 4.53. The van der Waals surface area contributed by atoms with Gasteiger partial charge in [0.05, 0.1) is 11.7 Å². The van der Waals surface area contributed by atoms with Gasteiger partial charge in [-0.05, 0) is 55.7 Å². The van der Waals surface area contributed by atoms with Crippen LogP contribution in [0.25, 0.3) is 5.52 Å². The SMILES string of the molecule is CCNC(c1cnn2ccccc12)C1CC(C)CC(C)C1. The molecule has 0 bridgehead atoms. The highest BCUT2D eigenvalue weighted by atomic mass is 15.2. The summed E-state index contributed by atoms with van der Waals surface area (Å²) in [6.07, 6.45) is 8.13. The number of pyridine rings is 1. The maximum Gasteiger partial charge on any atom is 0.0709 e. The second-order valence-corrected chi connectivity index (χ2v) is 6.84. The van der Waals surface area contributed by atoms with E-state index in [0.29, 0.717) is 6.04 Å². The Bertz CT molecular complexity index is 579. The second-order valence-electron chi connectivity index (χ2n) is 6.84. The molecule has 0 radical (unpaired) electrons. The van der Waals surface area contributed by atoms with Gasteiger partial charge in [-0.15, -0.1) is 0 Å². The highest BCUT2D eigenvalue weighted by Crippen LogP contribution is 2.40. The molecule has 21 heavy (non-hydrogen) atoms. The van der Waals surface area contributed by atoms with Crippen LogP contribution in [0.5, 0.6) is 0 Å². The fraction of sp³-hybridized carbons (Fsp3) is 0.611. The summed E-state index contributed by atoms with van der Waals surface area (Å²) in [5.41, 5.74) is 2.61. The van der Waals surface area contributed by atoms with E-state index in [0.717, 1.165) is 24.3 Å². The Hall–Kier alpha value is -1.35. The Morgan fingerprint density at radius 1 is 1.24 bits per heavy atom. The van der Waals surface area contributed by atoms with Crippen LogP contribution in [0.3, 0.4) is 0 Å². The molecule has 3 heteroatoms. The van der Waals surface area contributed by atoms with Crippen LogP contribution in [0.4, 0.5) is 0 Å². The van der Waals surface area contributed by atoms with Crippen LogP contribution in [0, 0.1) is 17.8 Å². The van der Waals surface area contributed by atoms with Crippen LogP contribution in [0.15, 0.2) is 30.6 Å². The van der Waals surface area contributed by atoms with Gasteiger partial charge in [0.25, 0.3) is 0 Å². The lowest BCUT2D eigenvalue weighted by molar-refractivity contribution is 0.178. The first-order valence-corrected chi connectivity index (χ1v) is 8.34. The normalized spacial score (nSPS) is 27.9. The minimum Gasteiger partial charge on any atom is -0.310 e. The van der Waals surface area contributed by atoms with Gasteiger partial charge >= 0.3 is 0 Å². The topological polar surface area (TPSA) is 29.3 Å². The molecule has 1 fully saturated rings. The molecule has 0 aromatic carbocycles. The summed E-state index contributed by atoms with van der Waals surface area (Å²) in [4.78, 5) is 0. The van der Waals surface area contributed by atoms with Gasteiger partial charge in [-0.2, -0.15) is 5.10 Å². The minimum atomic E-state index is 0.431. The summed E-state index contributed by atoms with van der Waals surface area (Å²) < 4.78 is 2.00. The van der Waals surface area contributed by atoms with Crippen LogP contribution >= 0.6 is 0 Å². The molecule has 3 rings (SSSR count). The van der Waals surface area contributed by atoms with E-state index in [1.807, 2.05) is 16.8 Å². The Morgan fingerprint density at radius 3 is 2.71 bits per heavy atom. The number of nitrogens with zero attached hydrogens (tertiary/aromatic N) is 2. The summed E-state index contributed by atoms with van der Waals surface area (Å²) in [7, 11) is 0. The molecule has 0 saturated heterocycles. The number of aromatic nitrogens is 2. The molecule has 1 saturated carbocycles. The van der Waals surface area contributed by atoms with Gasteiger partial charge in [0.2, 0.25) is 0 Å². The van der Waals surface area contributed by atoms with Crippen molar-refractivity contribution in [2.45, 2.75) is 46.1 Å². The van der Waals surface area contributed by atoms with Gasteiger partial charge in [-0.3, -0.25) is 0 Å². The number of fused-ring (bicyclic) bond motifs is 1. The second kappa shape index (κ2) is 6.18. The number of rotatable bonds is 4. The maximum absolute atomic E-state index is 4.53. The Morgan fingerprint density at radius 2 is 2.00 bits per heavy atom. The molecule has 1 N–H and O–H groups in total. The molecule has 1 aliphatic carbocycles. The zero-order valence-corrected chi connectivity index (χ0v) is 13.4. The van der Waals surface area contributed by atoms with Crippen molar-refractivity contribution in [3.63, 3.8) is 0 Å². The van der Waals surface area contributed by atoms with Gasteiger partial charge in [-0.25, -0.2) is 4.52 Å². The van der Waals surface area contributed by atoms with Crippen molar-refractivity contribution in [1.82, 2.24) is 14.9 Å². The van der Waals surface area contributed by atoms with Crippen molar-refractivity contribution in [1.29, 1.82) is 0 Å². The summed E-state index contributed by atoms with van der Waals surface area (Å²) in [5.74, 6) is 2.39. The first-order chi connectivity index (χ1) is 10.2. The quantitative estimate of drug-likeness (QED) is 0.918. The summed E-state index contributed by atoms with van der Waals surface area (Å²) in [5, 5.41) is 8.27. The largest absolute Gasteiger partial charge is 0.310 e. The zero-order valence-electron chi connectivity index (χ0n) is 13.4. The van der Waals surface area contributed by atoms with E-state index in [4.69, 9.17) is 0 Å². The van der Waals surface area contributed by atoms with E-state index in [1.165, 1.54) is 30.3 Å². The molecule has 3 atom stereocenters. The highest BCUT2D eigenvalue weighted by Gasteiger charge is 2.31. The Labute approximate surface area is 127 Å². The first-order valence-electron chi connectivity index (χ1n) is 8.34. The van der Waals surface area contributed by atoms with Gasteiger partial charge in [0.1, 0.15) is 0 Å². The molecule has 2 heterocycles. The van der Waals surface area contributed by atoms with Gasteiger partial charge in [0.15, 0.2) is 0 Å². The lowest BCUT2D eigenvalue weighted by Crippen LogP contribution is -2.33. The fourth-order valence-corrected chi connectivity index (χ4v) is 4.23. The predicted molar refractivity (Wildman–Crippen MR) is 87.3 cm³/mol. The smallest absolute Gasteiger partial charge is 0.0709 e. The minimum absolute atomic E-state index is 0.431. The van der Waals surface area contributed by atoms with Crippen molar-refractivity contribution in [2.75, 3.05) is 6.54 Å². The molecule has 114 valence electrons. The standard InChI is InChI=1S/C18H27N3/c1-4-19-18(15-10-13(2)9-14(3)11-15)16-12-20-21-8-6-5-7-17(16)21/h5-8,12-15,18-19H,4,9-11H2,1-3H3. The number of hydrogen-bond acceptors (Lipinski definition) is 2. The molecule has 3 unspecified atom stereocenters. The molecular formula is C18H27N3. The molecule has 2 aromatic rings. The average Bonchev–Trinajstić information content (AvgIpc) is 2.87. The third kappa shape index (κ3) is 2.98. The summed E-state index contributed by atoms with van der Waals surface area (Å²) in [6.45, 7) is 8.02. The molecule has 3 nitrogen and oxygen atoms in total. The monoisotopic (exact) mass is 285 g/mol. The molecule has 0 spiro atoms. The van der Waals surface area contributed by atoms with Crippen LogP contribution in [0.1, 0.15) is 51.6 Å². The first kappa shape index (κ1) is 14.6. The highest BCUT2D eigenvalue weighted by molar-refractivity contribution is 5.55. The van der Waals surface area contributed by atoms with E-state index in [1.54, 1.807) is 0 Å². The van der Waals surface area contributed by atoms with Crippen LogP contribution < -0.4 is 5.32 Å². The van der Waals surface area contributed by atoms with E-state index in [9.17, 15) is 0 Å². The van der Waals surface area contributed by atoms with E-state index >= 15 is 0 Å². The van der Waals surface area contributed by atoms with Crippen molar-refractivity contribution in [3.05, 3.63) is 36.2 Å². The molecular weight excluding hydrogens is 258 g/mol. The lowest BCUT2D eigenvalue weighted by Gasteiger charge is -2.36. The number of nitrogens with one attached hydrogen (secondary N) is 1. The molecule has 1 aliphatic rings. The third-order valence-corrected chi connectivity index (χ3v) is 4.90. The Balaban J connectivity index is 1.93. The van der Waals surface area contributed by atoms with E-state index in [-0.39, 0.29) is 0 Å². The van der Waals surface area contributed by atoms with Gasteiger partial charge in [-0.1, -0.05) is 26.8 Å². The van der Waals surface area contributed by atoms with E-state index < -0.39 is 0 Å². The summed E-state index contributed by atoms with van der Waals surface area (Å²) >= 11 is 0. The van der Waals surface area contributed by atoms with Crippen LogP contribution in [-0.2, 0) is 0 Å². The van der Waals surface area contributed by atoms with Crippen molar-refractivity contribution in [3.8, 4) is 0 Å². The van der Waals surface area contributed by atoms with Crippen molar-refractivity contribution in [2.24, 2.45) is 17.8 Å². The molecule has 0 amide bonds. The average molecular weight is 285 g/mol. The molecule has 0 aliphatic heterocycles. The van der Waals surface area contributed by atoms with Crippen molar-refractivity contribution >= 4 is 5.52 Å². The van der Waals surface area contributed by atoms with E-state index in [2.05, 4.69) is 49.5 Å². The lowest BCUT2D eigenvalue weighted by atomic mass is 9.72. The molecule has 2 aromatic heterocycles. The predicted octanol–water partition coefficient (Wildman–Crippen LogP) is 4.06. The van der Waals surface area contributed by atoms with Gasteiger partial charge < -0.3 is 5.32 Å². The van der Waals surface area contributed by atoms with Gasteiger partial charge in [0, 0.05) is 17.8 Å². The van der Waals surface area contributed by atoms with Crippen LogP contribution in [0.2, 0.25) is 0 Å². The fourth-order valence-electron chi connectivity index (χ4n) is 4.23.